The van der Waals surface area contributed by atoms with Crippen LogP contribution in [0.1, 0.15) is 0 Å². The minimum Gasteiger partial charge on any atom is -0.477 e. The molecule has 1 aromatic carbocycles. The van der Waals surface area contributed by atoms with Crippen LogP contribution in [0, 0.1) is 0 Å². The summed E-state index contributed by atoms with van der Waals surface area (Å²) in [6.45, 7) is -0.387. The molecule has 3 rings (SSSR count). The highest BCUT2D eigenvalue weighted by Gasteiger charge is 2.67. The number of primary amides is 1. The van der Waals surface area contributed by atoms with Gasteiger partial charge >= 0.3 is 18.0 Å². The Morgan fingerprint density at radius 1 is 1.35 bits per heavy atom. The first-order valence-electron chi connectivity index (χ1n) is 8.68. The van der Waals surface area contributed by atoms with Crippen LogP contribution in [0.15, 0.2) is 41.6 Å². The third-order valence-corrected chi connectivity index (χ3v) is 6.10. The zero-order valence-electron chi connectivity index (χ0n) is 16.0. The maximum absolute atomic E-state index is 12.9. The second-order valence-corrected chi connectivity index (χ2v) is 7.74. The number of thiocarbonyl (C=S) groups is 1. The van der Waals surface area contributed by atoms with Crippen molar-refractivity contribution in [3.63, 3.8) is 0 Å². The van der Waals surface area contributed by atoms with Crippen molar-refractivity contribution in [3.05, 3.63) is 41.6 Å². The second kappa shape index (κ2) is 8.91. The standard InChI is InChI=1S/C18H17N3O8S2/c1-27-18(20-12(22)14(30)29-10-5-3-2-4-6-10)15(25)21-11(13(23)24)9(7-28-17(19)26)8-31-16(18)21/h2-6,16H,7-8H2,1H3,(H2,19,26)(H,20,22)(H,23,24)/t16-,18?/m0/s1. The number of nitrogens with zero attached hydrogens (tertiary/aromatic N) is 1. The number of para-hydroxylation sites is 1. The summed E-state index contributed by atoms with van der Waals surface area (Å²) in [6, 6.07) is 8.33. The first-order chi connectivity index (χ1) is 14.7. The lowest BCUT2D eigenvalue weighted by Crippen LogP contribution is -2.81. The van der Waals surface area contributed by atoms with Gasteiger partial charge in [0.15, 0.2) is 0 Å². The molecule has 0 radical (unpaired) electrons. The number of fused-ring (bicyclic) bond motifs is 1. The number of thioether (sulfide) groups is 1. The second-order valence-electron chi connectivity index (χ2n) is 6.30. The normalized spacial score (nSPS) is 22.2. The number of hydrogen-bond acceptors (Lipinski definition) is 9. The van der Waals surface area contributed by atoms with Crippen molar-refractivity contribution >= 4 is 52.9 Å². The lowest BCUT2D eigenvalue weighted by Gasteiger charge is -2.55. The van der Waals surface area contributed by atoms with Gasteiger partial charge in [-0.05, 0) is 24.4 Å². The molecule has 13 heteroatoms. The number of benzene rings is 1. The summed E-state index contributed by atoms with van der Waals surface area (Å²) in [6.07, 6.45) is -1.08. The number of ether oxygens (including phenoxy) is 3. The molecule has 1 saturated heterocycles. The van der Waals surface area contributed by atoms with Gasteiger partial charge in [-0.2, -0.15) is 0 Å². The fourth-order valence-corrected chi connectivity index (χ4v) is 4.64. The van der Waals surface area contributed by atoms with Crippen LogP contribution in [0.25, 0.3) is 0 Å². The Balaban J connectivity index is 1.79. The summed E-state index contributed by atoms with van der Waals surface area (Å²) in [7, 11) is 1.20. The topological polar surface area (TPSA) is 157 Å². The van der Waals surface area contributed by atoms with Crippen molar-refractivity contribution in [3.8, 4) is 5.75 Å². The van der Waals surface area contributed by atoms with Crippen molar-refractivity contribution in [1.82, 2.24) is 10.2 Å². The molecule has 11 nitrogen and oxygen atoms in total. The number of hydrogen-bond donors (Lipinski definition) is 3. The minimum absolute atomic E-state index is 0.0926. The van der Waals surface area contributed by atoms with Gasteiger partial charge in [-0.1, -0.05) is 18.2 Å². The van der Waals surface area contributed by atoms with Crippen LogP contribution >= 0.6 is 24.0 Å². The van der Waals surface area contributed by atoms with Gasteiger partial charge in [0.05, 0.1) is 0 Å². The fraction of sp³-hybridized carbons (Fsp3) is 0.278. The molecule has 0 aliphatic carbocycles. The molecular weight excluding hydrogens is 450 g/mol. The molecule has 31 heavy (non-hydrogen) atoms. The summed E-state index contributed by atoms with van der Waals surface area (Å²) < 4.78 is 15.3. The summed E-state index contributed by atoms with van der Waals surface area (Å²) in [4.78, 5) is 49.1. The van der Waals surface area contributed by atoms with Crippen molar-refractivity contribution in [2.75, 3.05) is 19.5 Å². The van der Waals surface area contributed by atoms with Gasteiger partial charge in [-0.3, -0.25) is 14.5 Å². The van der Waals surface area contributed by atoms with E-state index in [4.69, 9.17) is 27.4 Å². The Kier molecular flexibility index (Phi) is 6.48. The maximum Gasteiger partial charge on any atom is 0.404 e. The maximum atomic E-state index is 12.9. The number of aliphatic carboxylic acids is 1. The lowest BCUT2D eigenvalue weighted by atomic mass is 9.98. The largest absolute Gasteiger partial charge is 0.477 e. The first-order valence-corrected chi connectivity index (χ1v) is 10.1. The van der Waals surface area contributed by atoms with Crippen LogP contribution in [-0.4, -0.2) is 69.5 Å². The molecule has 2 atom stereocenters. The van der Waals surface area contributed by atoms with Crippen LogP contribution in [0.2, 0.25) is 0 Å². The van der Waals surface area contributed by atoms with E-state index in [0.717, 1.165) is 16.7 Å². The van der Waals surface area contributed by atoms with Crippen LogP contribution in [0.3, 0.4) is 0 Å². The van der Waals surface area contributed by atoms with Gasteiger partial charge in [0, 0.05) is 18.4 Å². The van der Waals surface area contributed by atoms with Gasteiger partial charge in [-0.15, -0.1) is 11.8 Å². The fourth-order valence-electron chi connectivity index (χ4n) is 3.07. The van der Waals surface area contributed by atoms with E-state index in [2.05, 4.69) is 10.1 Å². The molecule has 1 fully saturated rings. The smallest absolute Gasteiger partial charge is 0.404 e. The van der Waals surface area contributed by atoms with Crippen molar-refractivity contribution in [2.45, 2.75) is 11.1 Å². The number of carbonyl (C=O) groups is 4. The number of rotatable bonds is 6. The van der Waals surface area contributed by atoms with Crippen LogP contribution in [0.4, 0.5) is 4.79 Å². The monoisotopic (exact) mass is 467 g/mol. The van der Waals surface area contributed by atoms with Gasteiger partial charge in [0.25, 0.3) is 16.7 Å². The van der Waals surface area contributed by atoms with Gasteiger partial charge in [-0.25, -0.2) is 9.59 Å². The highest BCUT2D eigenvalue weighted by Crippen LogP contribution is 2.46. The predicted octanol–water partition coefficient (Wildman–Crippen LogP) is 0.201. The molecule has 2 heterocycles. The Hall–Kier alpha value is -3.16. The average molecular weight is 467 g/mol. The molecule has 4 N–H and O–H groups in total. The quantitative estimate of drug-likeness (QED) is 0.300. The van der Waals surface area contributed by atoms with Crippen molar-refractivity contribution in [1.29, 1.82) is 0 Å². The molecule has 0 bridgehead atoms. The summed E-state index contributed by atoms with van der Waals surface area (Å²) in [5.41, 5.74) is 2.90. The number of amides is 3. The summed E-state index contributed by atoms with van der Waals surface area (Å²) in [5.74, 6) is -2.68. The summed E-state index contributed by atoms with van der Waals surface area (Å²) >= 11 is 6.10. The number of carboxylic acids is 1. The Labute approximate surface area is 185 Å². The minimum atomic E-state index is -1.84. The first kappa shape index (κ1) is 22.5. The molecule has 2 aliphatic heterocycles. The number of carbonyl (C=O) groups excluding carboxylic acids is 3. The van der Waals surface area contributed by atoms with E-state index < -0.39 is 40.0 Å². The molecule has 164 valence electrons. The van der Waals surface area contributed by atoms with E-state index in [1.54, 1.807) is 30.3 Å². The third-order valence-electron chi connectivity index (χ3n) is 4.46. The van der Waals surface area contributed by atoms with Crippen LogP contribution in [-0.2, 0) is 23.9 Å². The highest BCUT2D eigenvalue weighted by molar-refractivity contribution is 8.00. The SMILES string of the molecule is COC1(NC(=O)C(=S)Oc2ccccc2)C(=O)N2C(C(=O)O)=C(COC(N)=O)CS[C@H]21. The number of nitrogens with one attached hydrogen (secondary N) is 1. The summed E-state index contributed by atoms with van der Waals surface area (Å²) in [5, 5.41) is 10.7. The van der Waals surface area contributed by atoms with E-state index in [1.165, 1.54) is 7.11 Å². The lowest BCUT2D eigenvalue weighted by molar-refractivity contribution is -0.191. The van der Waals surface area contributed by atoms with Crippen LogP contribution in [0.5, 0.6) is 5.75 Å². The van der Waals surface area contributed by atoms with Crippen LogP contribution < -0.4 is 15.8 Å². The molecule has 2 aliphatic rings. The van der Waals surface area contributed by atoms with E-state index >= 15 is 0 Å². The molecule has 0 saturated carbocycles. The number of β-lactam (4-membered cyclic amide) rings is 1. The zero-order valence-corrected chi connectivity index (χ0v) is 17.7. The van der Waals surface area contributed by atoms with Crippen molar-refractivity contribution < 1.29 is 38.5 Å². The molecule has 3 amide bonds. The van der Waals surface area contributed by atoms with Crippen molar-refractivity contribution in [2.24, 2.45) is 5.73 Å². The molecular formula is C18H17N3O8S2. The van der Waals surface area contributed by atoms with Gasteiger partial charge in [0.1, 0.15) is 23.4 Å². The predicted molar refractivity (Wildman–Crippen MR) is 111 cm³/mol. The zero-order chi connectivity index (χ0) is 22.8. The number of methoxy groups -OCH3 is 1. The molecule has 0 aromatic heterocycles. The van der Waals surface area contributed by atoms with Gasteiger partial charge < -0.3 is 30.4 Å². The van der Waals surface area contributed by atoms with E-state index in [0.29, 0.717) is 5.75 Å². The Bertz CT molecular complexity index is 983. The molecule has 1 aromatic rings. The van der Waals surface area contributed by atoms with E-state index in [9.17, 15) is 24.3 Å². The highest BCUT2D eigenvalue weighted by atomic mass is 32.2. The third kappa shape index (κ3) is 4.19. The number of carboxylic acid groups (broad SMARTS) is 1. The average Bonchev–Trinajstić information content (AvgIpc) is 2.75. The van der Waals surface area contributed by atoms with Gasteiger partial charge in [0.2, 0.25) is 0 Å². The molecule has 1 unspecified atom stereocenters. The Morgan fingerprint density at radius 3 is 2.61 bits per heavy atom. The molecule has 0 spiro atoms. The van der Waals surface area contributed by atoms with E-state index in [1.807, 2.05) is 0 Å². The number of nitrogens with two attached hydrogens (primary N) is 1. The van der Waals surface area contributed by atoms with E-state index in [-0.39, 0.29) is 23.6 Å². The Morgan fingerprint density at radius 2 is 2.03 bits per heavy atom.